The molecule has 1 unspecified atom stereocenters. The highest BCUT2D eigenvalue weighted by Gasteiger charge is 2.25. The summed E-state index contributed by atoms with van der Waals surface area (Å²) in [6.45, 7) is 1.94. The third kappa shape index (κ3) is 2.65. The smallest absolute Gasteiger partial charge is 0.338 e. The Labute approximate surface area is 132 Å². The van der Waals surface area contributed by atoms with Crippen LogP contribution >= 0.6 is 22.9 Å². The number of carbonyl (C=O) groups excluding carboxylic acids is 1. The summed E-state index contributed by atoms with van der Waals surface area (Å²) in [5.41, 5.74) is 3.77. The SMILES string of the molecule is COC(=O)c1cccc(NC2CCc3sc(Cl)cc32)c1C. The number of nitrogens with one attached hydrogen (secondary N) is 1. The summed E-state index contributed by atoms with van der Waals surface area (Å²) in [5, 5.41) is 3.54. The van der Waals surface area contributed by atoms with Crippen molar-refractivity contribution in [3.63, 3.8) is 0 Å². The molecular weight excluding hydrogens is 306 g/mol. The van der Waals surface area contributed by atoms with Gasteiger partial charge in [-0.1, -0.05) is 17.7 Å². The Bertz CT molecular complexity index is 696. The predicted octanol–water partition coefficient (Wildman–Crippen LogP) is 4.60. The minimum atomic E-state index is -0.304. The van der Waals surface area contributed by atoms with Gasteiger partial charge < -0.3 is 10.1 Å². The lowest BCUT2D eigenvalue weighted by atomic mass is 10.1. The first-order chi connectivity index (χ1) is 10.1. The van der Waals surface area contributed by atoms with Crippen molar-refractivity contribution in [2.75, 3.05) is 12.4 Å². The molecule has 0 fully saturated rings. The molecule has 1 atom stereocenters. The summed E-state index contributed by atoms with van der Waals surface area (Å²) in [6, 6.07) is 7.96. The Morgan fingerprint density at radius 2 is 2.29 bits per heavy atom. The first-order valence-electron chi connectivity index (χ1n) is 6.82. The van der Waals surface area contributed by atoms with Crippen LogP contribution in [0.1, 0.15) is 38.8 Å². The van der Waals surface area contributed by atoms with Crippen molar-refractivity contribution >= 4 is 34.6 Å². The molecule has 1 aromatic carbocycles. The highest BCUT2D eigenvalue weighted by atomic mass is 35.5. The van der Waals surface area contributed by atoms with E-state index in [4.69, 9.17) is 16.3 Å². The molecule has 0 aliphatic heterocycles. The van der Waals surface area contributed by atoms with E-state index in [-0.39, 0.29) is 12.0 Å². The van der Waals surface area contributed by atoms with Gasteiger partial charge in [0.15, 0.2) is 0 Å². The minimum Gasteiger partial charge on any atom is -0.465 e. The number of halogens is 1. The second-order valence-electron chi connectivity index (χ2n) is 5.13. The molecule has 3 rings (SSSR count). The highest BCUT2D eigenvalue weighted by Crippen LogP contribution is 2.41. The fourth-order valence-electron chi connectivity index (χ4n) is 2.79. The third-order valence-electron chi connectivity index (χ3n) is 3.92. The molecule has 0 radical (unpaired) electrons. The fraction of sp³-hybridized carbons (Fsp3) is 0.312. The number of aryl methyl sites for hydroxylation is 1. The summed E-state index contributed by atoms with van der Waals surface area (Å²) in [6.07, 6.45) is 2.11. The molecule has 1 aromatic heterocycles. The molecule has 0 amide bonds. The van der Waals surface area contributed by atoms with Crippen LogP contribution in [-0.2, 0) is 11.2 Å². The average Bonchev–Trinajstić information content (AvgIpc) is 3.00. The average molecular weight is 322 g/mol. The van der Waals surface area contributed by atoms with E-state index < -0.39 is 0 Å². The monoisotopic (exact) mass is 321 g/mol. The molecule has 21 heavy (non-hydrogen) atoms. The van der Waals surface area contributed by atoms with Crippen molar-refractivity contribution in [1.29, 1.82) is 0 Å². The highest BCUT2D eigenvalue weighted by molar-refractivity contribution is 7.16. The van der Waals surface area contributed by atoms with Crippen molar-refractivity contribution in [1.82, 2.24) is 0 Å². The third-order valence-corrected chi connectivity index (χ3v) is 5.26. The molecule has 5 heteroatoms. The van der Waals surface area contributed by atoms with Gasteiger partial charge >= 0.3 is 5.97 Å². The van der Waals surface area contributed by atoms with Crippen LogP contribution < -0.4 is 5.32 Å². The van der Waals surface area contributed by atoms with Gasteiger partial charge in [0.2, 0.25) is 0 Å². The second-order valence-corrected chi connectivity index (χ2v) is 6.90. The number of methoxy groups -OCH3 is 1. The van der Waals surface area contributed by atoms with E-state index in [1.54, 1.807) is 17.4 Å². The van der Waals surface area contributed by atoms with Gasteiger partial charge in [0.05, 0.1) is 23.1 Å². The van der Waals surface area contributed by atoms with Crippen LogP contribution in [-0.4, -0.2) is 13.1 Å². The van der Waals surface area contributed by atoms with Gasteiger partial charge in [0, 0.05) is 10.6 Å². The molecule has 1 heterocycles. The number of carbonyl (C=O) groups is 1. The van der Waals surface area contributed by atoms with Crippen LogP contribution in [0.15, 0.2) is 24.3 Å². The summed E-state index contributed by atoms with van der Waals surface area (Å²) in [4.78, 5) is 13.1. The number of rotatable bonds is 3. The Balaban J connectivity index is 1.88. The Hall–Kier alpha value is -1.52. The van der Waals surface area contributed by atoms with Gasteiger partial charge in [-0.25, -0.2) is 4.79 Å². The molecular formula is C16H16ClNO2S. The number of esters is 1. The summed E-state index contributed by atoms with van der Waals surface area (Å²) in [7, 11) is 1.40. The number of anilines is 1. The maximum atomic E-state index is 11.8. The summed E-state index contributed by atoms with van der Waals surface area (Å²) < 4.78 is 5.66. The molecule has 0 bridgehead atoms. The Morgan fingerprint density at radius 3 is 3.05 bits per heavy atom. The molecule has 1 N–H and O–H groups in total. The van der Waals surface area contributed by atoms with E-state index in [2.05, 4.69) is 5.32 Å². The van der Waals surface area contributed by atoms with Crippen LogP contribution in [0.25, 0.3) is 0 Å². The lowest BCUT2D eigenvalue weighted by molar-refractivity contribution is 0.0600. The normalized spacial score (nSPS) is 16.6. The molecule has 0 saturated carbocycles. The van der Waals surface area contributed by atoms with Crippen molar-refractivity contribution < 1.29 is 9.53 Å². The lowest BCUT2D eigenvalue weighted by Crippen LogP contribution is -2.10. The molecule has 110 valence electrons. The van der Waals surface area contributed by atoms with Gasteiger partial charge in [-0.05, 0) is 49.1 Å². The molecule has 3 nitrogen and oxygen atoms in total. The summed E-state index contributed by atoms with van der Waals surface area (Å²) >= 11 is 7.75. The van der Waals surface area contributed by atoms with Crippen LogP contribution in [0.4, 0.5) is 5.69 Å². The number of ether oxygens (including phenoxy) is 1. The zero-order valence-electron chi connectivity index (χ0n) is 11.9. The zero-order chi connectivity index (χ0) is 15.0. The number of hydrogen-bond acceptors (Lipinski definition) is 4. The van der Waals surface area contributed by atoms with Gasteiger partial charge in [0.25, 0.3) is 0 Å². The van der Waals surface area contributed by atoms with Gasteiger partial charge in [0.1, 0.15) is 0 Å². The predicted molar refractivity (Wildman–Crippen MR) is 86.5 cm³/mol. The molecule has 1 aliphatic carbocycles. The van der Waals surface area contributed by atoms with Crippen LogP contribution in [0.2, 0.25) is 4.34 Å². The Morgan fingerprint density at radius 1 is 1.48 bits per heavy atom. The van der Waals surface area contributed by atoms with Gasteiger partial charge in [-0.3, -0.25) is 0 Å². The van der Waals surface area contributed by atoms with E-state index >= 15 is 0 Å². The maximum absolute atomic E-state index is 11.8. The molecule has 0 saturated heterocycles. The van der Waals surface area contributed by atoms with Crippen LogP contribution in [0, 0.1) is 6.92 Å². The van der Waals surface area contributed by atoms with E-state index in [0.717, 1.165) is 28.4 Å². The van der Waals surface area contributed by atoms with E-state index in [1.807, 2.05) is 25.1 Å². The van der Waals surface area contributed by atoms with Crippen LogP contribution in [0.5, 0.6) is 0 Å². The Kier molecular flexibility index (Phi) is 3.91. The van der Waals surface area contributed by atoms with Gasteiger partial charge in [-0.15, -0.1) is 11.3 Å². The molecule has 2 aromatic rings. The van der Waals surface area contributed by atoms with E-state index in [9.17, 15) is 4.79 Å². The van der Waals surface area contributed by atoms with Crippen molar-refractivity contribution in [2.45, 2.75) is 25.8 Å². The lowest BCUT2D eigenvalue weighted by Gasteiger charge is -2.18. The first-order valence-corrected chi connectivity index (χ1v) is 8.02. The quantitative estimate of drug-likeness (QED) is 0.840. The zero-order valence-corrected chi connectivity index (χ0v) is 13.5. The molecule has 1 aliphatic rings. The number of hydrogen-bond donors (Lipinski definition) is 1. The first kappa shape index (κ1) is 14.4. The number of thiophene rings is 1. The minimum absolute atomic E-state index is 0.260. The second kappa shape index (κ2) is 5.70. The van der Waals surface area contributed by atoms with Crippen molar-refractivity contribution in [3.8, 4) is 0 Å². The number of benzene rings is 1. The van der Waals surface area contributed by atoms with E-state index in [1.165, 1.54) is 17.6 Å². The van der Waals surface area contributed by atoms with Crippen molar-refractivity contribution in [2.24, 2.45) is 0 Å². The largest absolute Gasteiger partial charge is 0.465 e. The topological polar surface area (TPSA) is 38.3 Å². The number of fused-ring (bicyclic) bond motifs is 1. The molecule has 0 spiro atoms. The standard InChI is InChI=1S/C16H16ClNO2S/c1-9-10(16(19)20-2)4-3-5-12(9)18-13-6-7-14-11(13)8-15(17)21-14/h3-5,8,13,18H,6-7H2,1-2H3. The van der Waals surface area contributed by atoms with Crippen molar-refractivity contribution in [3.05, 3.63) is 50.2 Å². The van der Waals surface area contributed by atoms with Crippen LogP contribution in [0.3, 0.4) is 0 Å². The van der Waals surface area contributed by atoms with E-state index in [0.29, 0.717) is 5.56 Å². The summed E-state index contributed by atoms with van der Waals surface area (Å²) in [5.74, 6) is -0.304. The maximum Gasteiger partial charge on any atom is 0.338 e. The van der Waals surface area contributed by atoms with Gasteiger partial charge in [-0.2, -0.15) is 0 Å². The fourth-order valence-corrected chi connectivity index (χ4v) is 4.15.